The maximum Gasteiger partial charge on any atom is 0.291 e. The number of anilines is 1. The van der Waals surface area contributed by atoms with Crippen molar-refractivity contribution in [2.24, 2.45) is 11.8 Å². The first-order chi connectivity index (χ1) is 13.1. The van der Waals surface area contributed by atoms with Gasteiger partial charge in [-0.15, -0.1) is 0 Å². The largest absolute Gasteiger partial charge is 0.328 e. The maximum absolute atomic E-state index is 13.2. The highest BCUT2D eigenvalue weighted by molar-refractivity contribution is 6.13. The van der Waals surface area contributed by atoms with Crippen LogP contribution in [0.2, 0.25) is 0 Å². The van der Waals surface area contributed by atoms with Gasteiger partial charge < -0.3 is 10.6 Å². The lowest BCUT2D eigenvalue weighted by atomic mass is 9.77. The Morgan fingerprint density at radius 3 is 2.56 bits per heavy atom. The summed E-state index contributed by atoms with van der Waals surface area (Å²) in [4.78, 5) is 40.4. The monoisotopic (exact) mass is 362 g/mol. The van der Waals surface area contributed by atoms with E-state index in [2.05, 4.69) is 5.32 Å². The van der Waals surface area contributed by atoms with Gasteiger partial charge in [-0.25, -0.2) is 0 Å². The number of benzene rings is 2. The van der Waals surface area contributed by atoms with Gasteiger partial charge in [0, 0.05) is 12.1 Å². The Labute approximate surface area is 156 Å². The number of nitrogens with one attached hydrogen (secondary N) is 1. The molecule has 1 spiro atoms. The third-order valence-corrected chi connectivity index (χ3v) is 6.17. The van der Waals surface area contributed by atoms with E-state index in [1.807, 2.05) is 59.9 Å². The van der Waals surface area contributed by atoms with Crippen molar-refractivity contribution >= 4 is 23.4 Å². The molecule has 6 nitrogen and oxygen atoms in total. The summed E-state index contributed by atoms with van der Waals surface area (Å²) in [7, 11) is 0. The van der Waals surface area contributed by atoms with Gasteiger partial charge in [-0.2, -0.15) is 0 Å². The van der Waals surface area contributed by atoms with Crippen LogP contribution in [0.4, 0.5) is 5.69 Å². The molecule has 3 aliphatic rings. The number of rotatable bonds is 3. The fraction of sp³-hybridized carbons (Fsp3) is 0.286. The first-order valence-corrected chi connectivity index (χ1v) is 9.27. The van der Waals surface area contributed by atoms with E-state index in [9.17, 15) is 14.4 Å². The average Bonchev–Trinajstić information content (AvgIpc) is 3.29. The number of imide groups is 1. The molecule has 0 aromatic heterocycles. The SMILES string of the molecule is O=C1[C@H]2C[NH2+][C@]3(C(=O)Nc4ccccc43)[C@@H]2C(=O)N1CCc1ccccc1. The summed E-state index contributed by atoms with van der Waals surface area (Å²) >= 11 is 0. The zero-order valence-electron chi connectivity index (χ0n) is 14.7. The van der Waals surface area contributed by atoms with E-state index >= 15 is 0 Å². The lowest BCUT2D eigenvalue weighted by Gasteiger charge is -2.25. The molecule has 3 N–H and O–H groups in total. The number of hydrogen-bond donors (Lipinski definition) is 2. The van der Waals surface area contributed by atoms with Crippen LogP contribution in [-0.4, -0.2) is 35.7 Å². The number of fused-ring (bicyclic) bond motifs is 4. The van der Waals surface area contributed by atoms with E-state index in [4.69, 9.17) is 0 Å². The highest BCUT2D eigenvalue weighted by atomic mass is 16.2. The zero-order chi connectivity index (χ0) is 18.6. The highest BCUT2D eigenvalue weighted by Crippen LogP contribution is 2.47. The lowest BCUT2D eigenvalue weighted by molar-refractivity contribution is -0.704. The Balaban J connectivity index is 1.47. The van der Waals surface area contributed by atoms with E-state index in [1.165, 1.54) is 4.90 Å². The highest BCUT2D eigenvalue weighted by Gasteiger charge is 2.71. The number of amides is 3. The topological polar surface area (TPSA) is 83.1 Å². The fourth-order valence-corrected chi connectivity index (χ4v) is 4.90. The van der Waals surface area contributed by atoms with Crippen LogP contribution in [-0.2, 0) is 26.3 Å². The number of likely N-dealkylation sites (tertiary alicyclic amines) is 1. The molecule has 27 heavy (non-hydrogen) atoms. The second kappa shape index (κ2) is 5.76. The van der Waals surface area contributed by atoms with Gasteiger partial charge in [-0.1, -0.05) is 48.5 Å². The van der Waals surface area contributed by atoms with Gasteiger partial charge in [0.05, 0.1) is 12.2 Å². The van der Waals surface area contributed by atoms with Crippen LogP contribution in [0.25, 0.3) is 0 Å². The zero-order valence-corrected chi connectivity index (χ0v) is 14.7. The predicted octanol–water partition coefficient (Wildman–Crippen LogP) is 0.255. The molecule has 0 saturated carbocycles. The molecule has 6 heteroatoms. The summed E-state index contributed by atoms with van der Waals surface area (Å²) in [6.07, 6.45) is 0.622. The van der Waals surface area contributed by atoms with Crippen LogP contribution in [0.3, 0.4) is 0 Å². The molecule has 136 valence electrons. The van der Waals surface area contributed by atoms with Crippen molar-refractivity contribution in [3.63, 3.8) is 0 Å². The molecule has 2 fully saturated rings. The van der Waals surface area contributed by atoms with Gasteiger partial charge in [-0.05, 0) is 18.1 Å². The molecule has 3 heterocycles. The van der Waals surface area contributed by atoms with Crippen LogP contribution >= 0.6 is 0 Å². The van der Waals surface area contributed by atoms with E-state index < -0.39 is 17.4 Å². The van der Waals surface area contributed by atoms with Gasteiger partial charge in [-0.3, -0.25) is 19.3 Å². The predicted molar refractivity (Wildman–Crippen MR) is 97.4 cm³/mol. The second-order valence-corrected chi connectivity index (χ2v) is 7.46. The van der Waals surface area contributed by atoms with Crippen LogP contribution < -0.4 is 10.6 Å². The molecule has 0 unspecified atom stereocenters. The molecule has 0 aliphatic carbocycles. The standard InChI is InChI=1S/C21H19N3O3/c25-18-14-12-22-21(15-8-4-5-9-16(15)23-20(21)27)17(14)19(26)24(18)11-10-13-6-2-1-3-7-13/h1-9,14,17,22H,10-12H2,(H,23,27)/p+1/t14-,17-,21-/m0/s1. The first-order valence-electron chi connectivity index (χ1n) is 9.27. The van der Waals surface area contributed by atoms with Gasteiger partial charge in [0.25, 0.3) is 5.91 Å². The number of carbonyl (C=O) groups is 3. The summed E-state index contributed by atoms with van der Waals surface area (Å²) in [6, 6.07) is 17.3. The Bertz CT molecular complexity index is 958. The minimum atomic E-state index is -1.02. The number of quaternary nitrogens is 1. The van der Waals surface area contributed by atoms with E-state index in [-0.39, 0.29) is 17.7 Å². The number of nitrogens with zero attached hydrogens (tertiary/aromatic N) is 1. The molecule has 2 saturated heterocycles. The molecule has 5 rings (SSSR count). The summed E-state index contributed by atoms with van der Waals surface area (Å²) < 4.78 is 0. The fourth-order valence-electron chi connectivity index (χ4n) is 4.90. The Morgan fingerprint density at radius 1 is 1.00 bits per heavy atom. The smallest absolute Gasteiger partial charge is 0.291 e. The Morgan fingerprint density at radius 2 is 1.74 bits per heavy atom. The third kappa shape index (κ3) is 2.13. The van der Waals surface area contributed by atoms with Crippen molar-refractivity contribution in [2.45, 2.75) is 12.0 Å². The number of carbonyl (C=O) groups excluding carboxylic acids is 3. The summed E-state index contributed by atoms with van der Waals surface area (Å²) in [5, 5.41) is 4.78. The maximum atomic E-state index is 13.2. The quantitative estimate of drug-likeness (QED) is 0.768. The molecule has 2 aromatic rings. The lowest BCUT2D eigenvalue weighted by Crippen LogP contribution is -2.95. The normalized spacial score (nSPS) is 28.6. The van der Waals surface area contributed by atoms with Crippen molar-refractivity contribution in [1.29, 1.82) is 0 Å². The first kappa shape index (κ1) is 16.2. The number of hydrogen-bond acceptors (Lipinski definition) is 3. The molecular formula is C21H20N3O3+. The second-order valence-electron chi connectivity index (χ2n) is 7.46. The Hall–Kier alpha value is -2.99. The van der Waals surface area contributed by atoms with E-state index in [1.54, 1.807) is 0 Å². The molecule has 3 aliphatic heterocycles. The minimum absolute atomic E-state index is 0.147. The average molecular weight is 362 g/mol. The summed E-state index contributed by atoms with van der Waals surface area (Å²) in [5.74, 6) is -1.63. The molecule has 2 aromatic carbocycles. The number of nitrogens with two attached hydrogens (primary N) is 1. The summed E-state index contributed by atoms with van der Waals surface area (Å²) in [5.41, 5.74) is 1.62. The van der Waals surface area contributed by atoms with Gasteiger partial charge in [0.2, 0.25) is 17.4 Å². The molecule has 3 atom stereocenters. The van der Waals surface area contributed by atoms with Gasteiger partial charge >= 0.3 is 0 Å². The number of para-hydroxylation sites is 1. The van der Waals surface area contributed by atoms with Crippen LogP contribution in [0.15, 0.2) is 54.6 Å². The van der Waals surface area contributed by atoms with E-state index in [0.29, 0.717) is 19.5 Å². The van der Waals surface area contributed by atoms with E-state index in [0.717, 1.165) is 16.8 Å². The Kier molecular flexibility index (Phi) is 3.45. The van der Waals surface area contributed by atoms with Crippen molar-refractivity contribution in [3.8, 4) is 0 Å². The van der Waals surface area contributed by atoms with Crippen LogP contribution in [0.5, 0.6) is 0 Å². The van der Waals surface area contributed by atoms with Crippen LogP contribution in [0, 0.1) is 11.8 Å². The summed E-state index contributed by atoms with van der Waals surface area (Å²) in [6.45, 7) is 0.812. The van der Waals surface area contributed by atoms with Crippen molar-refractivity contribution in [2.75, 3.05) is 18.4 Å². The van der Waals surface area contributed by atoms with Crippen molar-refractivity contribution < 1.29 is 19.7 Å². The molecular weight excluding hydrogens is 342 g/mol. The molecule has 0 bridgehead atoms. The van der Waals surface area contributed by atoms with Crippen molar-refractivity contribution in [1.82, 2.24) is 4.90 Å². The molecule has 3 amide bonds. The van der Waals surface area contributed by atoms with Gasteiger partial charge in [0.15, 0.2) is 0 Å². The minimum Gasteiger partial charge on any atom is -0.328 e. The molecule has 0 radical (unpaired) electrons. The third-order valence-electron chi connectivity index (χ3n) is 6.17. The van der Waals surface area contributed by atoms with Crippen LogP contribution in [0.1, 0.15) is 11.1 Å². The van der Waals surface area contributed by atoms with Crippen molar-refractivity contribution in [3.05, 3.63) is 65.7 Å². The van der Waals surface area contributed by atoms with Gasteiger partial charge in [0.1, 0.15) is 11.8 Å².